The predicted octanol–water partition coefficient (Wildman–Crippen LogP) is 1.36. The molecule has 124 valence electrons. The Morgan fingerprint density at radius 1 is 1.39 bits per heavy atom. The molecule has 0 saturated heterocycles. The van der Waals surface area contributed by atoms with E-state index < -0.39 is 16.1 Å². The SMILES string of the molecule is Cn1cccc1[C@@H](O)CCNS(=O)(=O)c1ccc2c(c1)CCO2. The van der Waals surface area contributed by atoms with Crippen LogP contribution in [0.4, 0.5) is 0 Å². The minimum atomic E-state index is -3.58. The lowest BCUT2D eigenvalue weighted by atomic mass is 10.2. The highest BCUT2D eigenvalue weighted by atomic mass is 32.2. The lowest BCUT2D eigenvalue weighted by molar-refractivity contribution is 0.161. The molecule has 1 aromatic heterocycles. The molecule has 0 amide bonds. The zero-order valence-electron chi connectivity index (χ0n) is 12.9. The molecule has 0 aliphatic carbocycles. The number of nitrogens with zero attached hydrogens (tertiary/aromatic N) is 1. The number of hydrogen-bond acceptors (Lipinski definition) is 4. The summed E-state index contributed by atoms with van der Waals surface area (Å²) in [4.78, 5) is 0.232. The molecule has 1 atom stereocenters. The summed E-state index contributed by atoms with van der Waals surface area (Å²) in [6.45, 7) is 0.761. The summed E-state index contributed by atoms with van der Waals surface area (Å²) in [7, 11) is -1.74. The fourth-order valence-electron chi connectivity index (χ4n) is 2.71. The number of aliphatic hydroxyl groups is 1. The summed E-state index contributed by atoms with van der Waals surface area (Å²) >= 11 is 0. The van der Waals surface area contributed by atoms with E-state index in [1.807, 2.05) is 29.9 Å². The molecule has 3 rings (SSSR count). The third-order valence-corrected chi connectivity index (χ3v) is 5.47. The number of hydrogen-bond donors (Lipinski definition) is 2. The Hall–Kier alpha value is -1.83. The van der Waals surface area contributed by atoms with Crippen molar-refractivity contribution in [1.29, 1.82) is 0 Å². The van der Waals surface area contributed by atoms with E-state index in [0.717, 1.165) is 23.4 Å². The van der Waals surface area contributed by atoms with E-state index >= 15 is 0 Å². The Balaban J connectivity index is 1.62. The topological polar surface area (TPSA) is 80.6 Å². The van der Waals surface area contributed by atoms with Gasteiger partial charge in [0.15, 0.2) is 0 Å². The van der Waals surface area contributed by atoms with Crippen molar-refractivity contribution in [3.8, 4) is 5.75 Å². The van der Waals surface area contributed by atoms with Gasteiger partial charge in [0.05, 0.1) is 17.6 Å². The second-order valence-corrected chi connectivity index (χ2v) is 7.38. The van der Waals surface area contributed by atoms with Gasteiger partial charge in [-0.05, 0) is 42.3 Å². The van der Waals surface area contributed by atoms with Crippen LogP contribution in [0.2, 0.25) is 0 Å². The number of aliphatic hydroxyl groups excluding tert-OH is 1. The fourth-order valence-corrected chi connectivity index (χ4v) is 3.81. The normalized spacial score (nSPS) is 15.2. The first-order valence-electron chi connectivity index (χ1n) is 7.52. The highest BCUT2D eigenvalue weighted by Gasteiger charge is 2.19. The summed E-state index contributed by atoms with van der Waals surface area (Å²) in [5, 5.41) is 10.1. The summed E-state index contributed by atoms with van der Waals surface area (Å²) in [5.74, 6) is 0.753. The van der Waals surface area contributed by atoms with Crippen LogP contribution in [-0.4, -0.2) is 31.2 Å². The minimum absolute atomic E-state index is 0.169. The number of nitrogens with one attached hydrogen (secondary N) is 1. The minimum Gasteiger partial charge on any atom is -0.493 e. The molecule has 7 heteroatoms. The maximum atomic E-state index is 12.3. The van der Waals surface area contributed by atoms with Crippen molar-refractivity contribution in [2.45, 2.75) is 23.8 Å². The van der Waals surface area contributed by atoms with Crippen molar-refractivity contribution < 1.29 is 18.3 Å². The average molecular weight is 336 g/mol. The van der Waals surface area contributed by atoms with Gasteiger partial charge in [0.2, 0.25) is 10.0 Å². The van der Waals surface area contributed by atoms with Crippen LogP contribution < -0.4 is 9.46 Å². The highest BCUT2D eigenvalue weighted by molar-refractivity contribution is 7.89. The van der Waals surface area contributed by atoms with E-state index in [-0.39, 0.29) is 11.4 Å². The first-order chi connectivity index (χ1) is 11.0. The molecule has 0 spiro atoms. The summed E-state index contributed by atoms with van der Waals surface area (Å²) in [6.07, 6.45) is 2.18. The number of ether oxygens (including phenoxy) is 1. The van der Waals surface area contributed by atoms with Crippen molar-refractivity contribution in [2.24, 2.45) is 7.05 Å². The van der Waals surface area contributed by atoms with E-state index in [4.69, 9.17) is 4.74 Å². The van der Waals surface area contributed by atoms with E-state index in [9.17, 15) is 13.5 Å². The predicted molar refractivity (Wildman–Crippen MR) is 85.8 cm³/mol. The molecule has 2 heterocycles. The fraction of sp³-hybridized carbons (Fsp3) is 0.375. The van der Waals surface area contributed by atoms with E-state index in [0.29, 0.717) is 13.0 Å². The van der Waals surface area contributed by atoms with Gasteiger partial charge in [0.1, 0.15) is 5.75 Å². The second kappa shape index (κ2) is 6.35. The third-order valence-electron chi connectivity index (χ3n) is 4.01. The maximum absolute atomic E-state index is 12.3. The van der Waals surface area contributed by atoms with Crippen LogP contribution in [0, 0.1) is 0 Å². The number of sulfonamides is 1. The summed E-state index contributed by atoms with van der Waals surface area (Å²) < 4.78 is 34.4. The van der Waals surface area contributed by atoms with Crippen LogP contribution >= 0.6 is 0 Å². The quantitative estimate of drug-likeness (QED) is 0.835. The average Bonchev–Trinajstić information content (AvgIpc) is 3.14. The molecule has 23 heavy (non-hydrogen) atoms. The van der Waals surface area contributed by atoms with Crippen molar-refractivity contribution >= 4 is 10.0 Å². The Morgan fingerprint density at radius 2 is 2.22 bits per heavy atom. The van der Waals surface area contributed by atoms with Crippen LogP contribution in [0.5, 0.6) is 5.75 Å². The molecule has 1 aliphatic heterocycles. The summed E-state index contributed by atoms with van der Waals surface area (Å²) in [5.41, 5.74) is 1.68. The van der Waals surface area contributed by atoms with Crippen molar-refractivity contribution in [3.63, 3.8) is 0 Å². The molecule has 0 fully saturated rings. The standard InChI is InChI=1S/C16H20N2O4S/c1-18-9-2-3-14(18)15(19)6-8-17-23(20,21)13-4-5-16-12(11-13)7-10-22-16/h2-5,9,11,15,17,19H,6-8,10H2,1H3/t15-/m0/s1. The molecule has 0 saturated carbocycles. The largest absolute Gasteiger partial charge is 0.493 e. The first-order valence-corrected chi connectivity index (χ1v) is 9.00. The Bertz CT molecular complexity index is 798. The Labute approximate surface area is 135 Å². The molecule has 0 radical (unpaired) electrons. The van der Waals surface area contributed by atoms with E-state index in [1.54, 1.807) is 18.2 Å². The highest BCUT2D eigenvalue weighted by Crippen LogP contribution is 2.27. The van der Waals surface area contributed by atoms with Gasteiger partial charge >= 0.3 is 0 Å². The van der Waals surface area contributed by atoms with Gasteiger partial charge in [0, 0.05) is 31.9 Å². The van der Waals surface area contributed by atoms with Crippen LogP contribution in [0.25, 0.3) is 0 Å². The number of benzene rings is 1. The van der Waals surface area contributed by atoms with Gasteiger partial charge in [-0.1, -0.05) is 0 Å². The van der Waals surface area contributed by atoms with Gasteiger partial charge in [-0.3, -0.25) is 0 Å². The van der Waals surface area contributed by atoms with Crippen molar-refractivity contribution in [1.82, 2.24) is 9.29 Å². The molecular formula is C16H20N2O4S. The van der Waals surface area contributed by atoms with Crippen molar-refractivity contribution in [3.05, 3.63) is 47.8 Å². The van der Waals surface area contributed by atoms with E-state index in [1.165, 1.54) is 0 Å². The summed E-state index contributed by atoms with van der Waals surface area (Å²) in [6, 6.07) is 8.54. The van der Waals surface area contributed by atoms with Gasteiger partial charge in [-0.15, -0.1) is 0 Å². The molecule has 1 aliphatic rings. The second-order valence-electron chi connectivity index (χ2n) is 5.61. The number of aryl methyl sites for hydroxylation is 1. The monoisotopic (exact) mass is 336 g/mol. The molecule has 0 bridgehead atoms. The molecular weight excluding hydrogens is 316 g/mol. The Morgan fingerprint density at radius 3 is 2.96 bits per heavy atom. The van der Waals surface area contributed by atoms with Crippen molar-refractivity contribution in [2.75, 3.05) is 13.2 Å². The van der Waals surface area contributed by atoms with Crippen LogP contribution in [0.15, 0.2) is 41.4 Å². The van der Waals surface area contributed by atoms with Gasteiger partial charge in [-0.25, -0.2) is 13.1 Å². The van der Waals surface area contributed by atoms with Gasteiger partial charge in [-0.2, -0.15) is 0 Å². The maximum Gasteiger partial charge on any atom is 0.240 e. The van der Waals surface area contributed by atoms with Gasteiger partial charge < -0.3 is 14.4 Å². The van der Waals surface area contributed by atoms with Gasteiger partial charge in [0.25, 0.3) is 0 Å². The smallest absolute Gasteiger partial charge is 0.240 e. The number of rotatable bonds is 6. The lowest BCUT2D eigenvalue weighted by Crippen LogP contribution is -2.26. The zero-order valence-corrected chi connectivity index (χ0v) is 13.7. The Kier molecular flexibility index (Phi) is 4.43. The van der Waals surface area contributed by atoms with Crippen LogP contribution in [0.1, 0.15) is 23.8 Å². The molecule has 2 aromatic rings. The first kappa shape index (κ1) is 16.0. The van der Waals surface area contributed by atoms with Crippen LogP contribution in [-0.2, 0) is 23.5 Å². The zero-order chi connectivity index (χ0) is 16.4. The lowest BCUT2D eigenvalue weighted by Gasteiger charge is -2.13. The molecule has 6 nitrogen and oxygen atoms in total. The van der Waals surface area contributed by atoms with E-state index in [2.05, 4.69) is 4.72 Å². The molecule has 0 unspecified atom stereocenters. The molecule has 2 N–H and O–H groups in total. The third kappa shape index (κ3) is 3.41. The van der Waals surface area contributed by atoms with Crippen LogP contribution in [0.3, 0.4) is 0 Å². The number of fused-ring (bicyclic) bond motifs is 1. The number of aromatic nitrogens is 1. The molecule has 1 aromatic carbocycles.